The van der Waals surface area contributed by atoms with Crippen LogP contribution in [0.1, 0.15) is 24.6 Å². The van der Waals surface area contributed by atoms with E-state index in [1.807, 2.05) is 24.4 Å². The Morgan fingerprint density at radius 1 is 1.42 bits per heavy atom. The monoisotopic (exact) mass is 397 g/mol. The van der Waals surface area contributed by atoms with E-state index in [1.165, 1.54) is 11.3 Å². The summed E-state index contributed by atoms with van der Waals surface area (Å²) in [5.41, 5.74) is 0. The van der Waals surface area contributed by atoms with E-state index in [0.29, 0.717) is 25.1 Å². The molecule has 0 bridgehead atoms. The van der Waals surface area contributed by atoms with Crippen LogP contribution in [0.3, 0.4) is 0 Å². The molecular weight excluding hydrogens is 378 g/mol. The van der Waals surface area contributed by atoms with Crippen molar-refractivity contribution in [2.45, 2.75) is 37.2 Å². The number of rotatable bonds is 5. The fraction of sp³-hybridized carbons (Fsp3) is 0.500. The number of thioether (sulfide) groups is 1. The number of amides is 4. The minimum atomic E-state index is -0.719. The summed E-state index contributed by atoms with van der Waals surface area (Å²) in [6.45, 7) is 1.68. The Labute approximate surface area is 158 Å². The first kappa shape index (κ1) is 18.7. The maximum absolute atomic E-state index is 12.2. The van der Waals surface area contributed by atoms with E-state index in [-0.39, 0.29) is 10.8 Å². The van der Waals surface area contributed by atoms with Gasteiger partial charge in [0.05, 0.1) is 11.4 Å². The molecule has 0 saturated carbocycles. The number of ether oxygens (including phenoxy) is 1. The third-order valence-corrected chi connectivity index (χ3v) is 6.70. The van der Waals surface area contributed by atoms with Gasteiger partial charge in [-0.05, 0) is 24.8 Å². The molecule has 2 aliphatic rings. The molecule has 4 amide bonds. The highest BCUT2D eigenvalue weighted by Crippen LogP contribution is 2.47. The lowest BCUT2D eigenvalue weighted by atomic mass is 10.2. The molecule has 1 aromatic rings. The van der Waals surface area contributed by atoms with Gasteiger partial charge in [-0.1, -0.05) is 6.07 Å². The zero-order valence-corrected chi connectivity index (χ0v) is 15.8. The Balaban J connectivity index is 1.42. The van der Waals surface area contributed by atoms with Crippen LogP contribution in [-0.2, 0) is 25.7 Å². The summed E-state index contributed by atoms with van der Waals surface area (Å²) in [6.07, 6.45) is 1.11. The molecule has 0 aliphatic carbocycles. The van der Waals surface area contributed by atoms with Crippen molar-refractivity contribution in [1.29, 1.82) is 0 Å². The maximum Gasteiger partial charge on any atom is 0.330 e. The number of hydrogen-bond acceptors (Lipinski definition) is 7. The number of nitrogens with zero attached hydrogens (tertiary/aromatic N) is 1. The van der Waals surface area contributed by atoms with Crippen molar-refractivity contribution in [2.75, 3.05) is 12.4 Å². The quantitative estimate of drug-likeness (QED) is 0.720. The summed E-state index contributed by atoms with van der Waals surface area (Å²) in [5, 5.41) is 6.53. The third-order valence-electron chi connectivity index (χ3n) is 4.32. The molecule has 3 rings (SSSR count). The predicted molar refractivity (Wildman–Crippen MR) is 96.4 cm³/mol. The molecule has 2 atom stereocenters. The molecule has 2 fully saturated rings. The van der Waals surface area contributed by atoms with Gasteiger partial charge in [0.2, 0.25) is 5.91 Å². The molecule has 0 unspecified atom stereocenters. The number of imide groups is 1. The van der Waals surface area contributed by atoms with Gasteiger partial charge in [-0.3, -0.25) is 14.9 Å². The number of thiophene rings is 1. The fourth-order valence-corrected chi connectivity index (χ4v) is 5.08. The highest BCUT2D eigenvalue weighted by molar-refractivity contribution is 8.01. The van der Waals surface area contributed by atoms with Crippen LogP contribution < -0.4 is 10.6 Å². The second-order valence-electron chi connectivity index (χ2n) is 6.18. The van der Waals surface area contributed by atoms with Gasteiger partial charge in [0.1, 0.15) is 6.04 Å². The molecule has 3 heterocycles. The van der Waals surface area contributed by atoms with Crippen LogP contribution in [0.15, 0.2) is 17.5 Å². The number of urea groups is 1. The molecule has 2 N–H and O–H groups in total. The normalized spacial score (nSPS) is 24.3. The van der Waals surface area contributed by atoms with Crippen LogP contribution in [0, 0.1) is 0 Å². The molecule has 0 spiro atoms. The number of fused-ring (bicyclic) bond motifs is 1. The zero-order chi connectivity index (χ0) is 18.7. The van der Waals surface area contributed by atoms with Crippen molar-refractivity contribution < 1.29 is 23.9 Å². The van der Waals surface area contributed by atoms with Crippen LogP contribution in [-0.4, -0.2) is 52.0 Å². The van der Waals surface area contributed by atoms with Gasteiger partial charge in [0.15, 0.2) is 6.61 Å². The lowest BCUT2D eigenvalue weighted by Gasteiger charge is -2.29. The molecule has 2 saturated heterocycles. The largest absolute Gasteiger partial charge is 0.454 e. The number of hydrogen-bond donors (Lipinski definition) is 2. The van der Waals surface area contributed by atoms with Crippen LogP contribution in [0.5, 0.6) is 0 Å². The fourth-order valence-electron chi connectivity index (χ4n) is 3.02. The lowest BCUT2D eigenvalue weighted by molar-refractivity contribution is -0.156. The zero-order valence-electron chi connectivity index (χ0n) is 14.1. The van der Waals surface area contributed by atoms with Crippen LogP contribution in [0.2, 0.25) is 0 Å². The molecular formula is C16H19N3O5S2. The lowest BCUT2D eigenvalue weighted by Crippen LogP contribution is -2.47. The van der Waals surface area contributed by atoms with Crippen molar-refractivity contribution in [2.24, 2.45) is 0 Å². The first-order valence-corrected chi connectivity index (χ1v) is 9.98. The van der Waals surface area contributed by atoms with Crippen molar-refractivity contribution >= 4 is 46.9 Å². The molecule has 0 aromatic carbocycles. The first-order chi connectivity index (χ1) is 12.4. The third kappa shape index (κ3) is 4.01. The second kappa shape index (κ2) is 7.67. The van der Waals surface area contributed by atoms with Crippen molar-refractivity contribution in [3.63, 3.8) is 0 Å². The highest BCUT2D eigenvalue weighted by atomic mass is 32.2. The van der Waals surface area contributed by atoms with Gasteiger partial charge >= 0.3 is 12.0 Å². The van der Waals surface area contributed by atoms with E-state index >= 15 is 0 Å². The van der Waals surface area contributed by atoms with E-state index in [0.717, 1.165) is 4.88 Å². The first-order valence-electron chi connectivity index (χ1n) is 8.12. The molecule has 8 nitrogen and oxygen atoms in total. The second-order valence-corrected chi connectivity index (χ2v) is 8.72. The van der Waals surface area contributed by atoms with Crippen molar-refractivity contribution in [3.05, 3.63) is 22.4 Å². The highest BCUT2D eigenvalue weighted by Gasteiger charge is 2.53. The predicted octanol–water partition coefficient (Wildman–Crippen LogP) is 1.07. The van der Waals surface area contributed by atoms with E-state index in [1.54, 1.807) is 16.7 Å². The molecule has 10 heteroatoms. The summed E-state index contributed by atoms with van der Waals surface area (Å²) in [4.78, 5) is 49.8. The van der Waals surface area contributed by atoms with Crippen molar-refractivity contribution in [1.82, 2.24) is 15.5 Å². The van der Waals surface area contributed by atoms with E-state index in [9.17, 15) is 19.2 Å². The van der Waals surface area contributed by atoms with Gasteiger partial charge in [0.25, 0.3) is 5.91 Å². The Morgan fingerprint density at radius 2 is 2.23 bits per heavy atom. The molecule has 0 radical (unpaired) electrons. The standard InChI is InChI=1S/C16H19N3O5S2/c1-16-5-4-13(21)19(16)11(9-26-16)14(22)24-8-12(20)18-15(23)17-7-10-3-2-6-25-10/h2-3,6,11H,4-5,7-9H2,1H3,(H2,17,18,20,23)/t11-,16-/m1/s1. The number of carbonyl (C=O) groups is 4. The Morgan fingerprint density at radius 3 is 2.96 bits per heavy atom. The Kier molecular flexibility index (Phi) is 5.52. The summed E-state index contributed by atoms with van der Waals surface area (Å²) >= 11 is 3.03. The summed E-state index contributed by atoms with van der Waals surface area (Å²) in [7, 11) is 0. The Hall–Kier alpha value is -2.07. The smallest absolute Gasteiger partial charge is 0.330 e. The number of nitrogens with one attached hydrogen (secondary N) is 2. The summed E-state index contributed by atoms with van der Waals surface area (Å²) in [5.74, 6) is -0.963. The minimum Gasteiger partial charge on any atom is -0.454 e. The SMILES string of the molecule is C[C@@]12CCC(=O)N1[C@@H](C(=O)OCC(=O)NC(=O)NCc1cccs1)CS2. The maximum atomic E-state index is 12.2. The van der Waals surface area contributed by atoms with Gasteiger partial charge in [0, 0.05) is 17.1 Å². The van der Waals surface area contributed by atoms with Crippen LogP contribution in [0.25, 0.3) is 0 Å². The minimum absolute atomic E-state index is 0.0724. The topological polar surface area (TPSA) is 105 Å². The van der Waals surface area contributed by atoms with Crippen LogP contribution >= 0.6 is 23.1 Å². The van der Waals surface area contributed by atoms with E-state index in [2.05, 4.69) is 10.6 Å². The summed E-state index contributed by atoms with van der Waals surface area (Å²) in [6, 6.07) is 2.39. The summed E-state index contributed by atoms with van der Waals surface area (Å²) < 4.78 is 5.00. The average molecular weight is 397 g/mol. The number of carbonyl (C=O) groups excluding carboxylic acids is 4. The molecule has 140 valence electrons. The van der Waals surface area contributed by atoms with Crippen LogP contribution in [0.4, 0.5) is 4.79 Å². The molecule has 1 aromatic heterocycles. The van der Waals surface area contributed by atoms with Crippen molar-refractivity contribution in [3.8, 4) is 0 Å². The van der Waals surface area contributed by atoms with Gasteiger partial charge in [-0.2, -0.15) is 0 Å². The molecule has 2 aliphatic heterocycles. The van der Waals surface area contributed by atoms with Gasteiger partial charge < -0.3 is 15.0 Å². The Bertz CT molecular complexity index is 723. The van der Waals surface area contributed by atoms with E-state index in [4.69, 9.17) is 4.74 Å². The number of esters is 1. The molecule has 26 heavy (non-hydrogen) atoms. The van der Waals surface area contributed by atoms with Gasteiger partial charge in [-0.25, -0.2) is 9.59 Å². The van der Waals surface area contributed by atoms with Gasteiger partial charge in [-0.15, -0.1) is 23.1 Å². The average Bonchev–Trinajstić information content (AvgIpc) is 3.29. The van der Waals surface area contributed by atoms with E-state index < -0.39 is 30.6 Å².